The van der Waals surface area contributed by atoms with Crippen molar-refractivity contribution in [3.63, 3.8) is 0 Å². The zero-order chi connectivity index (χ0) is 21.5. The summed E-state index contributed by atoms with van der Waals surface area (Å²) in [5.74, 6) is -0.117. The molecule has 2 unspecified atom stereocenters. The second-order valence-electron chi connectivity index (χ2n) is 7.90. The topological polar surface area (TPSA) is 82.0 Å². The number of carbonyl (C=O) groups excluding carboxylic acids is 2. The van der Waals surface area contributed by atoms with E-state index >= 15 is 0 Å². The van der Waals surface area contributed by atoms with Crippen LogP contribution in [0.1, 0.15) is 55.5 Å². The molecule has 0 saturated heterocycles. The van der Waals surface area contributed by atoms with Gasteiger partial charge in [0.1, 0.15) is 6.07 Å². The van der Waals surface area contributed by atoms with E-state index in [1.54, 1.807) is 12.1 Å². The van der Waals surface area contributed by atoms with Gasteiger partial charge in [0.15, 0.2) is 0 Å². The summed E-state index contributed by atoms with van der Waals surface area (Å²) < 4.78 is 0. The lowest BCUT2D eigenvalue weighted by molar-refractivity contribution is -0.126. The third-order valence-electron chi connectivity index (χ3n) is 5.17. The Bertz CT molecular complexity index is 951. The van der Waals surface area contributed by atoms with Gasteiger partial charge in [-0.2, -0.15) is 5.26 Å². The zero-order valence-electron chi connectivity index (χ0n) is 17.4. The first kappa shape index (κ1) is 21.9. The second kappa shape index (κ2) is 10.3. The van der Waals surface area contributed by atoms with Crippen LogP contribution < -0.4 is 10.6 Å². The Morgan fingerprint density at radius 2 is 1.77 bits per heavy atom. The van der Waals surface area contributed by atoms with E-state index in [0.29, 0.717) is 17.5 Å². The molecule has 1 aliphatic rings. The largest absolute Gasteiger partial charge is 0.354 e. The van der Waals surface area contributed by atoms with Crippen molar-refractivity contribution in [3.05, 3.63) is 59.7 Å². The van der Waals surface area contributed by atoms with Crippen LogP contribution in [-0.2, 0) is 4.79 Å². The van der Waals surface area contributed by atoms with Crippen LogP contribution in [0.5, 0.6) is 0 Å². The van der Waals surface area contributed by atoms with Gasteiger partial charge < -0.3 is 10.6 Å². The molecule has 1 aliphatic carbocycles. The Hall–Kier alpha value is -2.78. The summed E-state index contributed by atoms with van der Waals surface area (Å²) in [6.45, 7) is 3.91. The first-order valence-electron chi connectivity index (χ1n) is 10.3. The maximum Gasteiger partial charge on any atom is 0.252 e. The molecule has 0 aromatic heterocycles. The van der Waals surface area contributed by atoms with Gasteiger partial charge in [0.05, 0.1) is 11.1 Å². The predicted octanol–water partition coefficient (Wildman–Crippen LogP) is 4.52. The van der Waals surface area contributed by atoms with E-state index in [1.807, 2.05) is 50.2 Å². The molecule has 0 spiro atoms. The maximum atomic E-state index is 13.0. The molecule has 2 amide bonds. The Morgan fingerprint density at radius 3 is 2.50 bits per heavy atom. The minimum atomic E-state index is -0.137. The number of hydrogen-bond acceptors (Lipinski definition) is 4. The molecule has 2 N–H and O–H groups in total. The molecule has 6 heteroatoms. The van der Waals surface area contributed by atoms with E-state index in [-0.39, 0.29) is 29.8 Å². The number of carbonyl (C=O) groups is 2. The number of nitrogens with one attached hydrogen (secondary N) is 2. The molecule has 0 heterocycles. The SMILES string of the molecule is CC(C)NC(=O)C1CCCC(NC(=O)c2ccccc2Sc2ccccc2C#N)C1. The molecule has 2 atom stereocenters. The smallest absolute Gasteiger partial charge is 0.252 e. The van der Waals surface area contributed by atoms with Gasteiger partial charge >= 0.3 is 0 Å². The van der Waals surface area contributed by atoms with Crippen LogP contribution in [0.3, 0.4) is 0 Å². The van der Waals surface area contributed by atoms with E-state index in [2.05, 4.69) is 16.7 Å². The highest BCUT2D eigenvalue weighted by Gasteiger charge is 2.29. The predicted molar refractivity (Wildman–Crippen MR) is 118 cm³/mol. The number of benzene rings is 2. The summed E-state index contributed by atoms with van der Waals surface area (Å²) in [6.07, 6.45) is 3.33. The van der Waals surface area contributed by atoms with Crippen LogP contribution in [0.4, 0.5) is 0 Å². The van der Waals surface area contributed by atoms with Crippen LogP contribution in [0.25, 0.3) is 0 Å². The molecule has 156 valence electrons. The first-order valence-corrected chi connectivity index (χ1v) is 11.2. The fourth-order valence-electron chi connectivity index (χ4n) is 3.73. The normalized spacial score (nSPS) is 18.5. The first-order chi connectivity index (χ1) is 14.5. The third kappa shape index (κ3) is 5.64. The van der Waals surface area contributed by atoms with Crippen LogP contribution >= 0.6 is 11.8 Å². The number of nitriles is 1. The second-order valence-corrected chi connectivity index (χ2v) is 8.99. The molecular weight excluding hydrogens is 394 g/mol. The van der Waals surface area contributed by atoms with Gasteiger partial charge in [-0.1, -0.05) is 42.4 Å². The van der Waals surface area contributed by atoms with Crippen LogP contribution in [0, 0.1) is 17.2 Å². The van der Waals surface area contributed by atoms with E-state index in [9.17, 15) is 14.9 Å². The molecule has 1 saturated carbocycles. The lowest BCUT2D eigenvalue weighted by Gasteiger charge is -2.29. The molecule has 2 aromatic carbocycles. The highest BCUT2D eigenvalue weighted by atomic mass is 32.2. The minimum Gasteiger partial charge on any atom is -0.354 e. The molecular formula is C24H27N3O2S. The summed E-state index contributed by atoms with van der Waals surface area (Å²) in [6, 6.07) is 17.1. The van der Waals surface area contributed by atoms with E-state index < -0.39 is 0 Å². The van der Waals surface area contributed by atoms with Crippen LogP contribution in [0.15, 0.2) is 58.3 Å². The van der Waals surface area contributed by atoms with Crippen molar-refractivity contribution in [3.8, 4) is 6.07 Å². The Kier molecular flexibility index (Phi) is 7.53. The molecule has 2 aromatic rings. The average Bonchev–Trinajstić information content (AvgIpc) is 2.74. The van der Waals surface area contributed by atoms with Gasteiger partial charge in [0, 0.05) is 27.8 Å². The van der Waals surface area contributed by atoms with Gasteiger partial charge in [-0.15, -0.1) is 0 Å². The fraction of sp³-hybridized carbons (Fsp3) is 0.375. The van der Waals surface area contributed by atoms with Crippen molar-refractivity contribution in [1.29, 1.82) is 5.26 Å². The van der Waals surface area contributed by atoms with Gasteiger partial charge in [-0.25, -0.2) is 0 Å². The number of amides is 2. The van der Waals surface area contributed by atoms with Crippen LogP contribution in [-0.4, -0.2) is 23.9 Å². The monoisotopic (exact) mass is 421 g/mol. The van der Waals surface area contributed by atoms with Crippen molar-refractivity contribution in [1.82, 2.24) is 10.6 Å². The van der Waals surface area contributed by atoms with Crippen molar-refractivity contribution >= 4 is 23.6 Å². The van der Waals surface area contributed by atoms with E-state index in [0.717, 1.165) is 29.1 Å². The van der Waals surface area contributed by atoms with Gasteiger partial charge in [-0.05, 0) is 57.4 Å². The van der Waals surface area contributed by atoms with E-state index in [4.69, 9.17) is 0 Å². The summed E-state index contributed by atoms with van der Waals surface area (Å²) in [7, 11) is 0. The summed E-state index contributed by atoms with van der Waals surface area (Å²) >= 11 is 1.42. The summed E-state index contributed by atoms with van der Waals surface area (Å²) in [5.41, 5.74) is 1.17. The number of nitrogens with zero attached hydrogens (tertiary/aromatic N) is 1. The van der Waals surface area contributed by atoms with Crippen molar-refractivity contribution in [2.45, 2.75) is 61.4 Å². The zero-order valence-corrected chi connectivity index (χ0v) is 18.2. The van der Waals surface area contributed by atoms with Crippen molar-refractivity contribution < 1.29 is 9.59 Å². The fourth-order valence-corrected chi connectivity index (χ4v) is 4.76. The van der Waals surface area contributed by atoms with E-state index in [1.165, 1.54) is 11.8 Å². The van der Waals surface area contributed by atoms with Crippen molar-refractivity contribution in [2.24, 2.45) is 5.92 Å². The highest BCUT2D eigenvalue weighted by Crippen LogP contribution is 2.33. The van der Waals surface area contributed by atoms with Crippen molar-refractivity contribution in [2.75, 3.05) is 0 Å². The highest BCUT2D eigenvalue weighted by molar-refractivity contribution is 7.99. The molecule has 0 bridgehead atoms. The Morgan fingerprint density at radius 1 is 1.07 bits per heavy atom. The molecule has 0 radical (unpaired) electrons. The number of hydrogen-bond donors (Lipinski definition) is 2. The van der Waals surface area contributed by atoms with Gasteiger partial charge in [0.2, 0.25) is 5.91 Å². The molecule has 30 heavy (non-hydrogen) atoms. The lowest BCUT2D eigenvalue weighted by Crippen LogP contribution is -2.43. The molecule has 5 nitrogen and oxygen atoms in total. The quantitative estimate of drug-likeness (QED) is 0.718. The van der Waals surface area contributed by atoms with Gasteiger partial charge in [-0.3, -0.25) is 9.59 Å². The maximum absolute atomic E-state index is 13.0. The molecule has 0 aliphatic heterocycles. The minimum absolute atomic E-state index is 0.0152. The number of rotatable bonds is 6. The standard InChI is InChI=1S/C24H27N3O2S/c1-16(2)26-23(28)17-9-7-10-19(14-17)27-24(29)20-11-4-6-13-22(20)30-21-12-5-3-8-18(21)15-25/h3-6,8,11-13,16-17,19H,7,9-10,14H2,1-2H3,(H,26,28)(H,27,29). The third-order valence-corrected chi connectivity index (χ3v) is 6.32. The molecule has 3 rings (SSSR count). The van der Waals surface area contributed by atoms with Gasteiger partial charge in [0.25, 0.3) is 5.91 Å². The Labute approximate surface area is 182 Å². The Balaban J connectivity index is 1.70. The van der Waals surface area contributed by atoms with Crippen LogP contribution in [0.2, 0.25) is 0 Å². The average molecular weight is 422 g/mol. The lowest BCUT2D eigenvalue weighted by atomic mass is 9.85. The summed E-state index contributed by atoms with van der Waals surface area (Å²) in [4.78, 5) is 27.0. The molecule has 1 fully saturated rings. The summed E-state index contributed by atoms with van der Waals surface area (Å²) in [5, 5.41) is 15.5.